The van der Waals surface area contributed by atoms with Crippen LogP contribution in [0.1, 0.15) is 33.4 Å². The van der Waals surface area contributed by atoms with Crippen molar-refractivity contribution in [2.24, 2.45) is 0 Å². The predicted octanol–water partition coefficient (Wildman–Crippen LogP) is 3.34. The van der Waals surface area contributed by atoms with Crippen molar-refractivity contribution in [3.8, 4) is 5.82 Å². The van der Waals surface area contributed by atoms with Gasteiger partial charge in [0.2, 0.25) is 0 Å². The fourth-order valence-electron chi connectivity index (χ4n) is 3.83. The lowest BCUT2D eigenvalue weighted by atomic mass is 10.0. The molecule has 3 aromatic rings. The number of nitrogens with zero attached hydrogens (tertiary/aromatic N) is 4. The van der Waals surface area contributed by atoms with Crippen molar-refractivity contribution in [3.63, 3.8) is 0 Å². The number of carbonyl (C=O) groups excluding carboxylic acids is 1. The van der Waals surface area contributed by atoms with Crippen molar-refractivity contribution in [2.75, 3.05) is 32.8 Å². The molecule has 7 nitrogen and oxygen atoms in total. The monoisotopic (exact) mass is 439 g/mol. The molecule has 4 rings (SSSR count). The molecule has 162 valence electrons. The largest absolute Gasteiger partial charge is 0.379 e. The third-order valence-corrected chi connectivity index (χ3v) is 5.69. The van der Waals surface area contributed by atoms with Gasteiger partial charge >= 0.3 is 0 Å². The maximum Gasteiger partial charge on any atom is 0.252 e. The standard InChI is InChI=1S/C23H26ClN5O2/c1-16-13-17(2)29(27-16)22-8-5-19(14-25-22)23(30)26-15-21(28-9-11-31-12-10-28)18-3-6-20(24)7-4-18/h3-8,13-14,21H,9-12,15H2,1-2H3,(H,26,30). The van der Waals surface area contributed by atoms with Gasteiger partial charge in [-0.2, -0.15) is 5.10 Å². The van der Waals surface area contributed by atoms with Crippen molar-refractivity contribution < 1.29 is 9.53 Å². The molecule has 0 bridgehead atoms. The van der Waals surface area contributed by atoms with E-state index in [1.54, 1.807) is 16.9 Å². The molecule has 1 atom stereocenters. The summed E-state index contributed by atoms with van der Waals surface area (Å²) < 4.78 is 7.26. The summed E-state index contributed by atoms with van der Waals surface area (Å²) >= 11 is 6.06. The van der Waals surface area contributed by atoms with Crippen molar-refractivity contribution in [1.82, 2.24) is 25.0 Å². The van der Waals surface area contributed by atoms with Crippen LogP contribution in [0, 0.1) is 13.8 Å². The smallest absolute Gasteiger partial charge is 0.252 e. The van der Waals surface area contributed by atoms with E-state index in [4.69, 9.17) is 16.3 Å². The summed E-state index contributed by atoms with van der Waals surface area (Å²) in [4.78, 5) is 19.6. The van der Waals surface area contributed by atoms with Gasteiger partial charge in [-0.1, -0.05) is 23.7 Å². The highest BCUT2D eigenvalue weighted by molar-refractivity contribution is 6.30. The third-order valence-electron chi connectivity index (χ3n) is 5.43. The molecule has 31 heavy (non-hydrogen) atoms. The highest BCUT2D eigenvalue weighted by Gasteiger charge is 2.23. The van der Waals surface area contributed by atoms with Crippen LogP contribution in [0.15, 0.2) is 48.7 Å². The number of ether oxygens (including phenoxy) is 1. The Hall–Kier alpha value is -2.74. The normalized spacial score (nSPS) is 15.6. The number of carbonyl (C=O) groups is 1. The van der Waals surface area contributed by atoms with Gasteiger partial charge in [0.05, 0.1) is 30.5 Å². The quantitative estimate of drug-likeness (QED) is 0.637. The van der Waals surface area contributed by atoms with Gasteiger partial charge in [0, 0.05) is 36.5 Å². The number of amides is 1. The third kappa shape index (κ3) is 5.12. The van der Waals surface area contributed by atoms with Crippen LogP contribution < -0.4 is 5.32 Å². The minimum absolute atomic E-state index is 0.0482. The van der Waals surface area contributed by atoms with E-state index < -0.39 is 0 Å². The van der Waals surface area contributed by atoms with Gasteiger partial charge in [-0.15, -0.1) is 0 Å². The molecule has 1 amide bonds. The number of rotatable bonds is 6. The second kappa shape index (κ2) is 9.60. The van der Waals surface area contributed by atoms with E-state index in [-0.39, 0.29) is 11.9 Å². The average molecular weight is 440 g/mol. The molecular formula is C23H26ClN5O2. The molecule has 1 N–H and O–H groups in total. The number of pyridine rings is 1. The number of aromatic nitrogens is 3. The summed E-state index contributed by atoms with van der Waals surface area (Å²) in [5, 5.41) is 8.20. The Kier molecular flexibility index (Phi) is 6.65. The lowest BCUT2D eigenvalue weighted by Crippen LogP contribution is -2.43. The molecule has 1 saturated heterocycles. The second-order valence-corrected chi connectivity index (χ2v) is 8.11. The molecule has 1 aliphatic heterocycles. The van der Waals surface area contributed by atoms with Crippen LogP contribution in [0.3, 0.4) is 0 Å². The fraction of sp³-hybridized carbons (Fsp3) is 0.348. The summed E-state index contributed by atoms with van der Waals surface area (Å²) in [5.41, 5.74) is 3.56. The molecule has 1 fully saturated rings. The van der Waals surface area contributed by atoms with E-state index in [0.717, 1.165) is 30.0 Å². The molecule has 8 heteroatoms. The zero-order chi connectivity index (χ0) is 21.8. The lowest BCUT2D eigenvalue weighted by Gasteiger charge is -2.35. The van der Waals surface area contributed by atoms with Crippen molar-refractivity contribution in [1.29, 1.82) is 0 Å². The van der Waals surface area contributed by atoms with E-state index in [2.05, 4.69) is 20.3 Å². The summed E-state index contributed by atoms with van der Waals surface area (Å²) in [6.07, 6.45) is 1.59. The number of morpholine rings is 1. The second-order valence-electron chi connectivity index (χ2n) is 7.67. The number of halogens is 1. The Labute approximate surface area is 187 Å². The maximum atomic E-state index is 12.8. The Morgan fingerprint density at radius 3 is 2.52 bits per heavy atom. The van der Waals surface area contributed by atoms with E-state index in [1.165, 1.54) is 0 Å². The first-order valence-electron chi connectivity index (χ1n) is 10.4. The van der Waals surface area contributed by atoms with Crippen LogP contribution in [-0.2, 0) is 4.74 Å². The summed E-state index contributed by atoms with van der Waals surface area (Å²) in [6, 6.07) is 13.4. The molecule has 1 aromatic carbocycles. The number of hydrogen-bond donors (Lipinski definition) is 1. The van der Waals surface area contributed by atoms with Gasteiger partial charge in [0.1, 0.15) is 0 Å². The summed E-state index contributed by atoms with van der Waals surface area (Å²) in [5.74, 6) is 0.536. The highest BCUT2D eigenvalue weighted by Crippen LogP contribution is 2.23. The van der Waals surface area contributed by atoms with Crippen molar-refractivity contribution >= 4 is 17.5 Å². The Morgan fingerprint density at radius 1 is 1.16 bits per heavy atom. The van der Waals surface area contributed by atoms with Gasteiger partial charge in [-0.25, -0.2) is 9.67 Å². The van der Waals surface area contributed by atoms with Gasteiger partial charge < -0.3 is 10.1 Å². The van der Waals surface area contributed by atoms with Crippen molar-refractivity contribution in [2.45, 2.75) is 19.9 Å². The van der Waals surface area contributed by atoms with Crippen LogP contribution in [0.2, 0.25) is 5.02 Å². The number of aryl methyl sites for hydroxylation is 2. The topological polar surface area (TPSA) is 72.3 Å². The molecule has 0 aliphatic carbocycles. The van der Waals surface area contributed by atoms with Crippen LogP contribution >= 0.6 is 11.6 Å². The molecule has 3 heterocycles. The lowest BCUT2D eigenvalue weighted by molar-refractivity contribution is 0.0162. The minimum atomic E-state index is -0.153. The minimum Gasteiger partial charge on any atom is -0.379 e. The van der Waals surface area contributed by atoms with Gasteiger partial charge in [0.15, 0.2) is 5.82 Å². The maximum absolute atomic E-state index is 12.8. The number of hydrogen-bond acceptors (Lipinski definition) is 5. The van der Waals surface area contributed by atoms with Crippen LogP contribution in [-0.4, -0.2) is 58.4 Å². The van der Waals surface area contributed by atoms with Gasteiger partial charge in [-0.05, 0) is 49.7 Å². The van der Waals surface area contributed by atoms with Crippen LogP contribution in [0.25, 0.3) is 5.82 Å². The van der Waals surface area contributed by atoms with E-state index in [0.29, 0.717) is 36.2 Å². The van der Waals surface area contributed by atoms with E-state index >= 15 is 0 Å². The Balaban J connectivity index is 1.45. The molecule has 0 radical (unpaired) electrons. The van der Waals surface area contributed by atoms with Crippen LogP contribution in [0.5, 0.6) is 0 Å². The van der Waals surface area contributed by atoms with Gasteiger partial charge in [0.25, 0.3) is 5.91 Å². The first kappa shape index (κ1) is 21.5. The molecule has 0 saturated carbocycles. The highest BCUT2D eigenvalue weighted by atomic mass is 35.5. The first-order valence-corrected chi connectivity index (χ1v) is 10.7. The molecular weight excluding hydrogens is 414 g/mol. The van der Waals surface area contributed by atoms with Crippen molar-refractivity contribution in [3.05, 3.63) is 76.2 Å². The molecule has 2 aromatic heterocycles. The molecule has 1 unspecified atom stereocenters. The number of nitrogens with one attached hydrogen (secondary N) is 1. The Morgan fingerprint density at radius 2 is 1.90 bits per heavy atom. The summed E-state index contributed by atoms with van der Waals surface area (Å²) in [6.45, 7) is 7.43. The average Bonchev–Trinajstić information content (AvgIpc) is 3.13. The SMILES string of the molecule is Cc1cc(C)n(-c2ccc(C(=O)NCC(c3ccc(Cl)cc3)N3CCOCC3)cn2)n1. The fourth-order valence-corrected chi connectivity index (χ4v) is 3.96. The predicted molar refractivity (Wildman–Crippen MR) is 120 cm³/mol. The summed E-state index contributed by atoms with van der Waals surface area (Å²) in [7, 11) is 0. The first-order chi connectivity index (χ1) is 15.0. The van der Waals surface area contributed by atoms with Gasteiger partial charge in [-0.3, -0.25) is 9.69 Å². The molecule has 1 aliphatic rings. The van der Waals surface area contributed by atoms with E-state index in [9.17, 15) is 4.79 Å². The molecule has 0 spiro atoms. The zero-order valence-corrected chi connectivity index (χ0v) is 18.5. The van der Waals surface area contributed by atoms with E-state index in [1.807, 2.05) is 50.2 Å². The Bertz CT molecular complexity index is 1030. The number of benzene rings is 1. The zero-order valence-electron chi connectivity index (χ0n) is 17.7. The van der Waals surface area contributed by atoms with Crippen LogP contribution in [0.4, 0.5) is 0 Å².